The van der Waals surface area contributed by atoms with Gasteiger partial charge >= 0.3 is 12.3 Å². The summed E-state index contributed by atoms with van der Waals surface area (Å²) >= 11 is 0. The maximum Gasteiger partial charge on any atom is 0.508 e. The van der Waals surface area contributed by atoms with E-state index in [0.717, 1.165) is 48.3 Å². The predicted molar refractivity (Wildman–Crippen MR) is 213 cm³/mol. The van der Waals surface area contributed by atoms with Crippen molar-refractivity contribution in [1.82, 2.24) is 9.80 Å². The summed E-state index contributed by atoms with van der Waals surface area (Å²) in [5.74, 6) is -2.50. The number of unbranched alkanes of at least 4 members (excludes halogenated alkanes) is 18. The molecule has 0 aromatic heterocycles. The highest BCUT2D eigenvalue weighted by Crippen LogP contribution is 2.37. The summed E-state index contributed by atoms with van der Waals surface area (Å²) in [7, 11) is 0. The second-order valence-corrected chi connectivity index (χ2v) is 14.9. The normalized spacial score (nSPS) is 13.5. The highest BCUT2D eigenvalue weighted by atomic mass is 16.7. The van der Waals surface area contributed by atoms with E-state index in [1.165, 1.54) is 114 Å². The smallest absolute Gasteiger partial charge is 0.434 e. The molecular weight excluding hydrogens is 716 g/mol. The molecule has 4 rings (SSSR count). The van der Waals surface area contributed by atoms with Crippen molar-refractivity contribution in [3.05, 3.63) is 46.5 Å². The number of carbonyl (C=O) groups is 6. The van der Waals surface area contributed by atoms with Gasteiger partial charge in [0.05, 0.1) is 26.3 Å². The first kappa shape index (κ1) is 44.2. The molecule has 2 aliphatic rings. The van der Waals surface area contributed by atoms with Crippen LogP contribution in [-0.2, 0) is 18.9 Å². The number of hydrogen-bond donors (Lipinski definition) is 0. The molecule has 2 aliphatic heterocycles. The van der Waals surface area contributed by atoms with Gasteiger partial charge in [-0.15, -0.1) is 0 Å². The summed E-state index contributed by atoms with van der Waals surface area (Å²) in [4.78, 5) is 80.4. The zero-order valence-electron chi connectivity index (χ0n) is 33.7. The lowest BCUT2D eigenvalue weighted by atomic mass is 9.86. The first-order valence-corrected chi connectivity index (χ1v) is 21.2. The Hall–Kier alpha value is -4.48. The van der Waals surface area contributed by atoms with Crippen molar-refractivity contribution in [2.75, 3.05) is 39.5 Å². The van der Waals surface area contributed by atoms with Crippen LogP contribution >= 0.6 is 0 Å². The zero-order chi connectivity index (χ0) is 40.1. The second-order valence-electron chi connectivity index (χ2n) is 14.9. The van der Waals surface area contributed by atoms with Crippen LogP contribution in [0.3, 0.4) is 0 Å². The molecule has 308 valence electrons. The Balaban J connectivity index is 1.18. The van der Waals surface area contributed by atoms with Gasteiger partial charge in [0.2, 0.25) is 0 Å². The fraction of sp³-hybridized carbons (Fsp3) is 0.636. The molecule has 12 nitrogen and oxygen atoms in total. The number of nitrogens with zero attached hydrogens (tertiary/aromatic N) is 2. The maximum atomic E-state index is 13.5. The van der Waals surface area contributed by atoms with Crippen LogP contribution in [-0.4, -0.2) is 85.3 Å². The SMILES string of the molecule is CCCCCCCCCCCCOC(=O)OCCN1C(=O)c2ccc3c4c(ccc(c24)C1=O)C(=O)N(CCOC(=O)OCCCCCCCCCCCC)C3=O. The summed E-state index contributed by atoms with van der Waals surface area (Å²) in [5.41, 5.74) is 0.634. The Morgan fingerprint density at radius 3 is 0.929 bits per heavy atom. The summed E-state index contributed by atoms with van der Waals surface area (Å²) in [6, 6.07) is 5.84. The van der Waals surface area contributed by atoms with Gasteiger partial charge in [-0.25, -0.2) is 9.59 Å². The van der Waals surface area contributed by atoms with Crippen molar-refractivity contribution in [1.29, 1.82) is 0 Å². The van der Waals surface area contributed by atoms with Crippen molar-refractivity contribution in [3.8, 4) is 0 Å². The molecule has 0 unspecified atom stereocenters. The molecule has 2 aromatic carbocycles. The van der Waals surface area contributed by atoms with Crippen LogP contribution in [0.25, 0.3) is 10.8 Å². The van der Waals surface area contributed by atoms with E-state index in [2.05, 4.69) is 13.8 Å². The quantitative estimate of drug-likeness (QED) is 0.0465. The number of benzene rings is 2. The van der Waals surface area contributed by atoms with Gasteiger partial charge in [-0.2, -0.15) is 0 Å². The minimum Gasteiger partial charge on any atom is -0.434 e. The zero-order valence-corrected chi connectivity index (χ0v) is 33.7. The van der Waals surface area contributed by atoms with Crippen LogP contribution in [0.5, 0.6) is 0 Å². The van der Waals surface area contributed by atoms with Gasteiger partial charge in [0.15, 0.2) is 0 Å². The molecule has 0 fully saturated rings. The first-order chi connectivity index (χ1) is 27.3. The van der Waals surface area contributed by atoms with Crippen molar-refractivity contribution < 1.29 is 47.7 Å². The Bertz CT molecular complexity index is 1450. The Kier molecular flexibility index (Phi) is 19.1. The van der Waals surface area contributed by atoms with Gasteiger partial charge < -0.3 is 18.9 Å². The molecule has 0 atom stereocenters. The minimum absolute atomic E-state index is 0.159. The summed E-state index contributed by atoms with van der Waals surface area (Å²) in [5, 5.41) is 0.465. The third-order valence-corrected chi connectivity index (χ3v) is 10.6. The van der Waals surface area contributed by atoms with Crippen molar-refractivity contribution >= 4 is 46.7 Å². The molecule has 0 N–H and O–H groups in total. The molecule has 0 saturated heterocycles. The van der Waals surface area contributed by atoms with Gasteiger partial charge in [-0.3, -0.25) is 29.0 Å². The molecule has 0 saturated carbocycles. The van der Waals surface area contributed by atoms with Crippen LogP contribution in [0, 0.1) is 0 Å². The third kappa shape index (κ3) is 12.8. The van der Waals surface area contributed by atoms with Gasteiger partial charge in [0.1, 0.15) is 13.2 Å². The van der Waals surface area contributed by atoms with Crippen LogP contribution in [0.15, 0.2) is 24.3 Å². The average Bonchev–Trinajstić information content (AvgIpc) is 3.19. The molecule has 0 spiro atoms. The lowest BCUT2D eigenvalue weighted by Gasteiger charge is -2.31. The van der Waals surface area contributed by atoms with Gasteiger partial charge in [-0.05, 0) is 37.1 Å². The Morgan fingerprint density at radius 2 is 0.643 bits per heavy atom. The predicted octanol–water partition coefficient (Wildman–Crippen LogP) is 10.2. The average molecular weight is 779 g/mol. The van der Waals surface area contributed by atoms with Crippen LogP contribution in [0.1, 0.15) is 184 Å². The van der Waals surface area contributed by atoms with E-state index in [4.69, 9.17) is 18.9 Å². The molecule has 0 bridgehead atoms. The topological polar surface area (TPSA) is 146 Å². The second kappa shape index (κ2) is 24.2. The van der Waals surface area contributed by atoms with Crippen molar-refractivity contribution in [2.45, 2.75) is 142 Å². The lowest BCUT2D eigenvalue weighted by molar-refractivity contribution is 0.0390. The largest absolute Gasteiger partial charge is 0.508 e. The summed E-state index contributed by atoms with van der Waals surface area (Å²) < 4.78 is 20.6. The maximum absolute atomic E-state index is 13.5. The number of carbonyl (C=O) groups excluding carboxylic acids is 6. The minimum atomic E-state index is -0.857. The molecular formula is C44H62N2O10. The van der Waals surface area contributed by atoms with E-state index >= 15 is 0 Å². The highest BCUT2D eigenvalue weighted by Gasteiger charge is 2.39. The molecule has 56 heavy (non-hydrogen) atoms. The molecule has 0 aliphatic carbocycles. The van der Waals surface area contributed by atoms with Crippen molar-refractivity contribution in [3.63, 3.8) is 0 Å². The monoisotopic (exact) mass is 778 g/mol. The highest BCUT2D eigenvalue weighted by molar-refractivity contribution is 6.33. The molecule has 12 heteroatoms. The number of amides is 4. The van der Waals surface area contributed by atoms with Gasteiger partial charge in [0.25, 0.3) is 23.6 Å². The third-order valence-electron chi connectivity index (χ3n) is 10.6. The number of imide groups is 2. The van der Waals surface area contributed by atoms with E-state index in [9.17, 15) is 28.8 Å². The first-order valence-electron chi connectivity index (χ1n) is 21.2. The van der Waals surface area contributed by atoms with E-state index in [-0.39, 0.29) is 72.5 Å². The van der Waals surface area contributed by atoms with E-state index in [1.54, 1.807) is 0 Å². The Morgan fingerprint density at radius 1 is 0.393 bits per heavy atom. The lowest BCUT2D eigenvalue weighted by Crippen LogP contribution is -2.45. The summed E-state index contributed by atoms with van der Waals surface area (Å²) in [6.45, 7) is 4.03. The van der Waals surface area contributed by atoms with E-state index < -0.39 is 35.9 Å². The fourth-order valence-corrected chi connectivity index (χ4v) is 7.39. The van der Waals surface area contributed by atoms with Gasteiger partial charge in [0, 0.05) is 33.0 Å². The van der Waals surface area contributed by atoms with E-state index in [1.807, 2.05) is 0 Å². The number of ether oxygens (including phenoxy) is 4. The number of hydrogen-bond acceptors (Lipinski definition) is 10. The molecule has 2 heterocycles. The van der Waals surface area contributed by atoms with E-state index in [0.29, 0.717) is 0 Å². The van der Waals surface area contributed by atoms with Crippen LogP contribution in [0.2, 0.25) is 0 Å². The Labute approximate surface area is 331 Å². The fourth-order valence-electron chi connectivity index (χ4n) is 7.39. The summed E-state index contributed by atoms with van der Waals surface area (Å²) in [6.07, 6.45) is 21.5. The molecule has 4 amide bonds. The van der Waals surface area contributed by atoms with Crippen LogP contribution in [0.4, 0.5) is 9.59 Å². The molecule has 2 aromatic rings. The standard InChI is InChI=1S/C44H62N2O10/c1-3-5-7-9-11-13-15-17-19-21-29-53-43(51)55-31-27-45-39(47)33-23-25-35-38-36(26-24-34(37(33)38)40(45)48)42(50)46(41(35)49)28-32-56-44(52)54-30-22-20-18-16-14-12-10-8-6-4-2/h23-26H,3-22,27-32H2,1-2H3. The van der Waals surface area contributed by atoms with Gasteiger partial charge in [-0.1, -0.05) is 129 Å². The molecule has 0 radical (unpaired) electrons. The number of rotatable bonds is 28. The van der Waals surface area contributed by atoms with Crippen molar-refractivity contribution in [2.24, 2.45) is 0 Å². The van der Waals surface area contributed by atoms with Crippen LogP contribution < -0.4 is 0 Å².